The Morgan fingerprint density at radius 1 is 0.955 bits per heavy atom. The van der Waals surface area contributed by atoms with Crippen molar-refractivity contribution < 1.29 is 29.3 Å². The number of carbonyl (C=O) groups excluding carboxylic acids is 2. The summed E-state index contributed by atoms with van der Waals surface area (Å²) in [6, 6.07) is -1.00. The van der Waals surface area contributed by atoms with Crippen LogP contribution in [0.2, 0.25) is 0 Å². The molecule has 0 bridgehead atoms. The molecule has 2 aliphatic rings. The second kappa shape index (κ2) is 22.1. The third-order valence-electron chi connectivity index (χ3n) is 9.36. The van der Waals surface area contributed by atoms with Crippen LogP contribution in [0.3, 0.4) is 0 Å². The van der Waals surface area contributed by atoms with Gasteiger partial charge in [0, 0.05) is 13.0 Å². The van der Waals surface area contributed by atoms with Gasteiger partial charge < -0.3 is 25.0 Å². The van der Waals surface area contributed by atoms with Crippen LogP contribution in [0.1, 0.15) is 130 Å². The van der Waals surface area contributed by atoms with Crippen LogP contribution in [0.15, 0.2) is 0 Å². The van der Waals surface area contributed by atoms with Crippen molar-refractivity contribution in [2.75, 3.05) is 19.8 Å². The number of rotatable bonds is 22. The number of amides is 1. The molecule has 1 unspecified atom stereocenters. The van der Waals surface area contributed by atoms with E-state index in [2.05, 4.69) is 24.1 Å². The first-order chi connectivity index (χ1) is 21.1. The van der Waals surface area contributed by atoms with Gasteiger partial charge in [-0.15, -0.1) is 23.4 Å². The van der Waals surface area contributed by atoms with Gasteiger partial charge in [-0.1, -0.05) is 97.3 Å². The van der Waals surface area contributed by atoms with Crippen molar-refractivity contribution in [1.82, 2.24) is 10.2 Å². The molecule has 0 spiro atoms. The molecule has 44 heavy (non-hydrogen) atoms. The molecule has 2 aliphatic heterocycles. The van der Waals surface area contributed by atoms with E-state index >= 15 is 0 Å². The second-order valence-corrected chi connectivity index (χ2v) is 14.8. The van der Waals surface area contributed by atoms with Gasteiger partial charge in [0.2, 0.25) is 5.91 Å². The van der Waals surface area contributed by atoms with E-state index in [-0.39, 0.29) is 18.4 Å². The molecule has 8 nitrogen and oxygen atoms in total. The summed E-state index contributed by atoms with van der Waals surface area (Å²) in [6.45, 7) is 7.01. The maximum atomic E-state index is 13.3. The van der Waals surface area contributed by atoms with E-state index in [1.54, 1.807) is 13.2 Å². The minimum Gasteiger partial charge on any atom is -0.456 e. The molecule has 0 aliphatic carbocycles. The number of likely N-dealkylation sites (N-methyl/N-ethyl adjacent to an activating group) is 1. The van der Waals surface area contributed by atoms with Crippen LogP contribution in [0.4, 0.5) is 0 Å². The lowest BCUT2D eigenvalue weighted by molar-refractivity contribution is -0.218. The maximum absolute atomic E-state index is 13.3. The number of halogens is 1. The molecule has 0 aromatic carbocycles. The number of unbranched alkanes of at least 4 members (excludes halogenated alkanes) is 12. The summed E-state index contributed by atoms with van der Waals surface area (Å²) in [7, 11) is 1.95. The highest BCUT2D eigenvalue weighted by Crippen LogP contribution is 2.33. The Morgan fingerprint density at radius 3 is 2.05 bits per heavy atom. The molecule has 3 N–H and O–H groups in total. The summed E-state index contributed by atoms with van der Waals surface area (Å²) in [5.41, 5.74) is -0.702. The number of thioether (sulfide) groups is 1. The van der Waals surface area contributed by atoms with Crippen molar-refractivity contribution in [3.63, 3.8) is 0 Å². The average Bonchev–Trinajstić information content (AvgIpc) is 3.36. The number of alkyl halides is 1. The molecular weight excluding hydrogens is 600 g/mol. The summed E-state index contributed by atoms with van der Waals surface area (Å²) in [6.07, 6.45) is 16.3. The van der Waals surface area contributed by atoms with Crippen LogP contribution < -0.4 is 5.32 Å². The highest BCUT2D eigenvalue weighted by atomic mass is 35.5. The lowest BCUT2D eigenvalue weighted by Crippen LogP contribution is -2.65. The van der Waals surface area contributed by atoms with E-state index < -0.39 is 47.2 Å². The Labute approximate surface area is 277 Å². The zero-order valence-electron chi connectivity index (χ0n) is 28.2. The van der Waals surface area contributed by atoms with Gasteiger partial charge in [-0.05, 0) is 45.4 Å². The number of ether oxygens (including phenoxy) is 2. The highest BCUT2D eigenvalue weighted by molar-refractivity contribution is 7.99. The lowest BCUT2D eigenvalue weighted by atomic mass is 9.92. The van der Waals surface area contributed by atoms with Crippen molar-refractivity contribution in [2.45, 2.75) is 177 Å². The SMILES string of the molecule is CCCCCCCCCCCCCCCC(=O)OC1[C@@H](SC)O[C@H]([C@H](NC(=O)[C@@H]2C[C@@H](CCC)CN2C)[C@H](C)Cl)[C@H](O)[C@H]1O. The van der Waals surface area contributed by atoms with Crippen LogP contribution in [0.25, 0.3) is 0 Å². The van der Waals surface area contributed by atoms with Crippen LogP contribution in [0.5, 0.6) is 0 Å². The van der Waals surface area contributed by atoms with Crippen molar-refractivity contribution in [3.05, 3.63) is 0 Å². The van der Waals surface area contributed by atoms with E-state index in [9.17, 15) is 19.8 Å². The monoisotopic (exact) mass is 662 g/mol. The van der Waals surface area contributed by atoms with E-state index in [0.717, 1.165) is 45.1 Å². The van der Waals surface area contributed by atoms with Gasteiger partial charge in [0.25, 0.3) is 0 Å². The Morgan fingerprint density at radius 2 is 1.52 bits per heavy atom. The highest BCUT2D eigenvalue weighted by Gasteiger charge is 2.50. The molecule has 258 valence electrons. The Bertz CT molecular complexity index is 806. The van der Waals surface area contributed by atoms with E-state index in [4.69, 9.17) is 21.1 Å². The number of likely N-dealkylation sites (tertiary alicyclic amines) is 1. The van der Waals surface area contributed by atoms with Gasteiger partial charge in [-0.2, -0.15) is 0 Å². The third-order valence-corrected chi connectivity index (χ3v) is 10.5. The van der Waals surface area contributed by atoms with Gasteiger partial charge in [-0.3, -0.25) is 14.5 Å². The molecule has 2 fully saturated rings. The van der Waals surface area contributed by atoms with Crippen molar-refractivity contribution in [2.24, 2.45) is 5.92 Å². The zero-order chi connectivity index (χ0) is 32.5. The quantitative estimate of drug-likeness (QED) is 0.0693. The second-order valence-electron chi connectivity index (χ2n) is 13.2. The van der Waals surface area contributed by atoms with E-state index in [1.807, 2.05) is 7.05 Å². The van der Waals surface area contributed by atoms with Gasteiger partial charge in [-0.25, -0.2) is 0 Å². The lowest BCUT2D eigenvalue weighted by Gasteiger charge is -2.45. The predicted octanol–water partition coefficient (Wildman–Crippen LogP) is 6.42. The number of hydrogen-bond donors (Lipinski definition) is 3. The molecule has 0 saturated carbocycles. The molecular formula is C34H63ClN2O6S. The minimum atomic E-state index is -1.38. The Hall–Kier alpha value is -0.580. The molecule has 9 atom stereocenters. The molecule has 2 rings (SSSR count). The summed E-state index contributed by atoms with van der Waals surface area (Å²) in [5, 5.41) is 24.6. The third kappa shape index (κ3) is 13.3. The fraction of sp³-hybridized carbons (Fsp3) is 0.941. The Kier molecular flexibility index (Phi) is 19.9. The fourth-order valence-electron chi connectivity index (χ4n) is 6.72. The number of hydrogen-bond acceptors (Lipinski definition) is 8. The normalized spacial score (nSPS) is 29.0. The maximum Gasteiger partial charge on any atom is 0.306 e. The van der Waals surface area contributed by atoms with Gasteiger partial charge >= 0.3 is 5.97 Å². The number of esters is 1. The largest absolute Gasteiger partial charge is 0.456 e. The first-order valence-electron chi connectivity index (χ1n) is 17.5. The van der Waals surface area contributed by atoms with Crippen molar-refractivity contribution >= 4 is 35.2 Å². The van der Waals surface area contributed by atoms with Crippen LogP contribution in [-0.2, 0) is 19.1 Å². The minimum absolute atomic E-state index is 0.152. The van der Waals surface area contributed by atoms with E-state index in [1.165, 1.54) is 76.0 Å². The number of carbonyl (C=O) groups is 2. The smallest absolute Gasteiger partial charge is 0.306 e. The Balaban J connectivity index is 1.76. The molecule has 10 heteroatoms. The number of nitrogens with one attached hydrogen (secondary N) is 1. The topological polar surface area (TPSA) is 108 Å². The molecule has 2 saturated heterocycles. The van der Waals surface area contributed by atoms with Crippen molar-refractivity contribution in [3.8, 4) is 0 Å². The fourth-order valence-corrected chi connectivity index (χ4v) is 7.65. The predicted molar refractivity (Wildman–Crippen MR) is 181 cm³/mol. The number of nitrogens with zero attached hydrogens (tertiary/aromatic N) is 1. The van der Waals surface area contributed by atoms with Crippen molar-refractivity contribution in [1.29, 1.82) is 0 Å². The molecule has 0 radical (unpaired) electrons. The first-order valence-corrected chi connectivity index (χ1v) is 19.2. The van der Waals surface area contributed by atoms with Crippen LogP contribution >= 0.6 is 23.4 Å². The zero-order valence-corrected chi connectivity index (χ0v) is 29.8. The number of aliphatic hydroxyl groups excluding tert-OH is 2. The average molecular weight is 663 g/mol. The summed E-state index contributed by atoms with van der Waals surface area (Å²) < 4.78 is 11.9. The van der Waals surface area contributed by atoms with Gasteiger partial charge in [0.05, 0.1) is 17.5 Å². The summed E-state index contributed by atoms with van der Waals surface area (Å²) >= 11 is 7.82. The first kappa shape index (κ1) is 39.6. The van der Waals surface area contributed by atoms with Gasteiger partial charge in [0.15, 0.2) is 6.10 Å². The van der Waals surface area contributed by atoms with Crippen LogP contribution in [-0.4, -0.2) is 94.2 Å². The van der Waals surface area contributed by atoms with E-state index in [0.29, 0.717) is 5.92 Å². The molecule has 1 amide bonds. The molecule has 0 aromatic heterocycles. The van der Waals surface area contributed by atoms with Gasteiger partial charge in [0.1, 0.15) is 23.7 Å². The number of aliphatic hydroxyl groups is 2. The summed E-state index contributed by atoms with van der Waals surface area (Å²) in [5.74, 6) is -0.0742. The standard InChI is InChI=1S/C34H63ClN2O6S/c1-6-8-9-10-11-12-13-14-15-16-17-18-19-21-27(38)42-32-30(40)29(39)31(43-34(32)44-5)28(24(3)35)36-33(41)26-22-25(20-7-2)23-37(26)4/h24-26,28-32,34,39-40H,6-23H2,1-5H3,(H,36,41)/t24-,25+,26-,28+,29+,30+,31+,32?,34+/m0/s1. The van der Waals surface area contributed by atoms with Crippen LogP contribution in [0, 0.1) is 5.92 Å². The summed E-state index contributed by atoms with van der Waals surface area (Å²) in [4.78, 5) is 28.0. The molecule has 0 aromatic rings. The molecule has 2 heterocycles.